The largest absolute Gasteiger partial charge is 0.497 e. The summed E-state index contributed by atoms with van der Waals surface area (Å²) in [5.74, 6) is 1.63. The van der Waals surface area contributed by atoms with Gasteiger partial charge >= 0.3 is 0 Å². The van der Waals surface area contributed by atoms with Gasteiger partial charge in [-0.15, -0.1) is 0 Å². The lowest BCUT2D eigenvalue weighted by molar-refractivity contribution is 0.211. The predicted octanol–water partition coefficient (Wildman–Crippen LogP) is 4.25. The number of ether oxygens (including phenoxy) is 2. The first-order valence-electron chi connectivity index (χ1n) is 5.92. The van der Waals surface area contributed by atoms with Crippen molar-refractivity contribution in [3.63, 3.8) is 0 Å². The zero-order valence-electron chi connectivity index (χ0n) is 11.3. The Balaban J connectivity index is 2.62. The predicted molar refractivity (Wildman–Crippen MR) is 75.5 cm³/mol. The number of hydrogen-bond donors (Lipinski definition) is 0. The molecule has 0 fully saturated rings. The molecule has 0 aliphatic rings. The van der Waals surface area contributed by atoms with Crippen LogP contribution in [-0.2, 0) is 11.3 Å². The summed E-state index contributed by atoms with van der Waals surface area (Å²) in [6.07, 6.45) is 5.72. The van der Waals surface area contributed by atoms with Gasteiger partial charge in [0.05, 0.1) is 7.11 Å². The van der Waals surface area contributed by atoms with Gasteiger partial charge in [0, 0.05) is 0 Å². The highest BCUT2D eigenvalue weighted by atomic mass is 16.5. The van der Waals surface area contributed by atoms with Crippen molar-refractivity contribution in [1.29, 1.82) is 0 Å². The maximum Gasteiger partial charge on any atom is 0.119 e. The van der Waals surface area contributed by atoms with E-state index in [9.17, 15) is 0 Å². The Hall–Kier alpha value is -1.96. The van der Waals surface area contributed by atoms with Crippen LogP contribution in [0.4, 0.5) is 0 Å². The molecule has 0 aliphatic heterocycles. The molecule has 1 aromatic rings. The molecule has 0 aliphatic carbocycles. The molecule has 2 heteroatoms. The van der Waals surface area contributed by atoms with Gasteiger partial charge in [-0.3, -0.25) is 0 Å². The monoisotopic (exact) mass is 244 g/mol. The summed E-state index contributed by atoms with van der Waals surface area (Å²) in [7, 11) is 1.66. The average molecular weight is 244 g/mol. The van der Waals surface area contributed by atoms with Gasteiger partial charge < -0.3 is 9.47 Å². The maximum absolute atomic E-state index is 5.68. The zero-order valence-corrected chi connectivity index (χ0v) is 11.3. The zero-order chi connectivity index (χ0) is 13.4. The second-order valence-corrected chi connectivity index (χ2v) is 3.92. The second-order valence-electron chi connectivity index (χ2n) is 3.92. The van der Waals surface area contributed by atoms with Gasteiger partial charge in [0.25, 0.3) is 0 Å². The van der Waals surface area contributed by atoms with Gasteiger partial charge in [0.2, 0.25) is 0 Å². The molecule has 0 N–H and O–H groups in total. The molecule has 0 heterocycles. The number of allylic oxidation sites excluding steroid dienone is 4. The molecule has 0 radical (unpaired) electrons. The highest BCUT2D eigenvalue weighted by molar-refractivity contribution is 5.27. The lowest BCUT2D eigenvalue weighted by atomic mass is 10.2. The summed E-state index contributed by atoms with van der Waals surface area (Å²) in [5, 5.41) is 0. The molecule has 18 heavy (non-hydrogen) atoms. The average Bonchev–Trinajstić information content (AvgIpc) is 2.43. The third-order valence-electron chi connectivity index (χ3n) is 2.59. The fourth-order valence-electron chi connectivity index (χ4n) is 1.36. The Kier molecular flexibility index (Phi) is 5.78. The first kappa shape index (κ1) is 14.1. The van der Waals surface area contributed by atoms with Crippen LogP contribution < -0.4 is 4.74 Å². The molecule has 0 aromatic heterocycles. The van der Waals surface area contributed by atoms with Crippen LogP contribution in [0.25, 0.3) is 0 Å². The quantitative estimate of drug-likeness (QED) is 0.550. The van der Waals surface area contributed by atoms with E-state index in [0.717, 1.165) is 22.6 Å². The molecular formula is C16H20O2. The van der Waals surface area contributed by atoms with Gasteiger partial charge in [0.1, 0.15) is 18.1 Å². The molecule has 0 atom stereocenters. The van der Waals surface area contributed by atoms with Crippen LogP contribution in [0.5, 0.6) is 5.75 Å². The van der Waals surface area contributed by atoms with Crippen LogP contribution in [0, 0.1) is 0 Å². The van der Waals surface area contributed by atoms with Crippen molar-refractivity contribution in [2.24, 2.45) is 0 Å². The van der Waals surface area contributed by atoms with Crippen molar-refractivity contribution in [3.8, 4) is 5.75 Å². The Morgan fingerprint density at radius 2 is 1.94 bits per heavy atom. The molecule has 0 spiro atoms. The molecule has 0 saturated carbocycles. The van der Waals surface area contributed by atoms with Gasteiger partial charge in [-0.2, -0.15) is 0 Å². The van der Waals surface area contributed by atoms with Crippen LogP contribution in [0.1, 0.15) is 19.4 Å². The minimum absolute atomic E-state index is 0.527. The van der Waals surface area contributed by atoms with Crippen molar-refractivity contribution in [2.75, 3.05) is 7.11 Å². The standard InChI is InChI=1S/C16H20O2/c1-5-13(3)11-15(6-2)18-12-14-7-9-16(17-4)10-8-14/h5-11H,2,12H2,1,3-4H3/b13-5-,15-11+. The summed E-state index contributed by atoms with van der Waals surface area (Å²) in [5.41, 5.74) is 2.25. The molecule has 0 amide bonds. The van der Waals surface area contributed by atoms with Gasteiger partial charge in [-0.1, -0.05) is 30.4 Å². The van der Waals surface area contributed by atoms with Crippen LogP contribution in [0.2, 0.25) is 0 Å². The fraction of sp³-hybridized carbons (Fsp3) is 0.250. The third kappa shape index (κ3) is 4.50. The minimum Gasteiger partial charge on any atom is -0.497 e. The van der Waals surface area contributed by atoms with E-state index in [4.69, 9.17) is 9.47 Å². The molecule has 1 aromatic carbocycles. The topological polar surface area (TPSA) is 18.5 Å². The van der Waals surface area contributed by atoms with E-state index in [0.29, 0.717) is 6.61 Å². The first-order valence-corrected chi connectivity index (χ1v) is 5.92. The summed E-state index contributed by atoms with van der Waals surface area (Å²) in [6, 6.07) is 7.82. The molecule has 96 valence electrons. The lowest BCUT2D eigenvalue weighted by Crippen LogP contribution is -1.92. The molecule has 2 nitrogen and oxygen atoms in total. The highest BCUT2D eigenvalue weighted by Gasteiger charge is 1.97. The highest BCUT2D eigenvalue weighted by Crippen LogP contribution is 2.14. The van der Waals surface area contributed by atoms with Crippen LogP contribution >= 0.6 is 0 Å². The van der Waals surface area contributed by atoms with E-state index in [2.05, 4.69) is 6.58 Å². The Bertz CT molecular complexity index is 439. The van der Waals surface area contributed by atoms with E-state index in [1.807, 2.05) is 50.3 Å². The lowest BCUT2D eigenvalue weighted by Gasteiger charge is -2.08. The SMILES string of the molecule is C=C/C(=C\C(C)=C/C)OCc1ccc(OC)cc1. The van der Waals surface area contributed by atoms with E-state index >= 15 is 0 Å². The third-order valence-corrected chi connectivity index (χ3v) is 2.59. The van der Waals surface area contributed by atoms with Crippen molar-refractivity contribution in [3.05, 3.63) is 66.0 Å². The van der Waals surface area contributed by atoms with Crippen molar-refractivity contribution in [2.45, 2.75) is 20.5 Å². The normalized spacial score (nSPS) is 12.2. The summed E-state index contributed by atoms with van der Waals surface area (Å²) < 4.78 is 10.8. The smallest absolute Gasteiger partial charge is 0.119 e. The summed E-state index contributed by atoms with van der Waals surface area (Å²) >= 11 is 0. The van der Waals surface area contributed by atoms with E-state index in [1.165, 1.54) is 0 Å². The summed E-state index contributed by atoms with van der Waals surface area (Å²) in [4.78, 5) is 0. The number of benzene rings is 1. The molecule has 0 bridgehead atoms. The molecule has 1 rings (SSSR count). The van der Waals surface area contributed by atoms with Crippen molar-refractivity contribution < 1.29 is 9.47 Å². The first-order chi connectivity index (χ1) is 8.69. The Morgan fingerprint density at radius 3 is 2.44 bits per heavy atom. The van der Waals surface area contributed by atoms with Gasteiger partial charge in [-0.05, 0) is 43.7 Å². The Labute approximate surface area is 109 Å². The van der Waals surface area contributed by atoms with Gasteiger partial charge in [0.15, 0.2) is 0 Å². The van der Waals surface area contributed by atoms with Crippen LogP contribution in [0.3, 0.4) is 0 Å². The van der Waals surface area contributed by atoms with Gasteiger partial charge in [-0.25, -0.2) is 0 Å². The minimum atomic E-state index is 0.527. The number of hydrogen-bond acceptors (Lipinski definition) is 2. The maximum atomic E-state index is 5.68. The summed E-state index contributed by atoms with van der Waals surface area (Å²) in [6.45, 7) is 8.30. The van der Waals surface area contributed by atoms with E-state index in [1.54, 1.807) is 13.2 Å². The van der Waals surface area contributed by atoms with E-state index in [-0.39, 0.29) is 0 Å². The van der Waals surface area contributed by atoms with Crippen molar-refractivity contribution >= 4 is 0 Å². The number of rotatable bonds is 6. The van der Waals surface area contributed by atoms with Crippen molar-refractivity contribution in [1.82, 2.24) is 0 Å². The molecule has 0 unspecified atom stereocenters. The van der Waals surface area contributed by atoms with Crippen LogP contribution in [-0.4, -0.2) is 7.11 Å². The van der Waals surface area contributed by atoms with Crippen LogP contribution in [0.15, 0.2) is 60.4 Å². The molecular weight excluding hydrogens is 224 g/mol. The number of methoxy groups -OCH3 is 1. The van der Waals surface area contributed by atoms with E-state index < -0.39 is 0 Å². The second kappa shape index (κ2) is 7.38. The fourth-order valence-corrected chi connectivity index (χ4v) is 1.36. The Morgan fingerprint density at radius 1 is 1.28 bits per heavy atom. The molecule has 0 saturated heterocycles.